The van der Waals surface area contributed by atoms with Gasteiger partial charge in [0, 0.05) is 37.9 Å². The summed E-state index contributed by atoms with van der Waals surface area (Å²) in [6.45, 7) is 1.99. The zero-order chi connectivity index (χ0) is 16.7. The topological polar surface area (TPSA) is 41.9 Å². The number of halogens is 1. The van der Waals surface area contributed by atoms with E-state index in [0.717, 1.165) is 0 Å². The van der Waals surface area contributed by atoms with Crippen LogP contribution in [0.15, 0.2) is 42.5 Å². The number of rotatable bonds is 8. The van der Waals surface area contributed by atoms with Crippen molar-refractivity contribution in [2.45, 2.75) is 13.1 Å². The molecule has 2 aromatic rings. The second-order valence-corrected chi connectivity index (χ2v) is 5.25. The van der Waals surface area contributed by atoms with E-state index in [9.17, 15) is 9.50 Å². The molecule has 0 aromatic heterocycles. The van der Waals surface area contributed by atoms with Gasteiger partial charge in [-0.15, -0.1) is 0 Å². The minimum atomic E-state index is -0.237. The molecule has 0 fully saturated rings. The Morgan fingerprint density at radius 1 is 1.04 bits per heavy atom. The summed E-state index contributed by atoms with van der Waals surface area (Å²) in [5.74, 6) is 0.542. The molecule has 0 atom stereocenters. The number of phenolic OH excluding ortho intramolecular Hbond substituents is 1. The van der Waals surface area contributed by atoms with E-state index in [1.807, 2.05) is 11.0 Å². The van der Waals surface area contributed by atoms with Gasteiger partial charge < -0.3 is 14.6 Å². The number of nitrogens with zero attached hydrogens (tertiary/aromatic N) is 1. The van der Waals surface area contributed by atoms with Gasteiger partial charge in [0.1, 0.15) is 17.3 Å². The molecular weight excluding hydrogens is 297 g/mol. The minimum Gasteiger partial charge on any atom is -0.507 e. The highest BCUT2D eigenvalue weighted by Gasteiger charge is 2.15. The maximum Gasteiger partial charge on any atom is 0.127 e. The van der Waals surface area contributed by atoms with Crippen molar-refractivity contribution in [3.63, 3.8) is 0 Å². The van der Waals surface area contributed by atoms with Crippen LogP contribution < -0.4 is 4.74 Å². The molecule has 0 heterocycles. The molecule has 0 unspecified atom stereocenters. The molecule has 0 amide bonds. The van der Waals surface area contributed by atoms with Crippen LogP contribution in [0.2, 0.25) is 0 Å². The molecule has 0 aliphatic heterocycles. The molecule has 1 N–H and O–H groups in total. The third-order valence-electron chi connectivity index (χ3n) is 3.67. The zero-order valence-electron chi connectivity index (χ0n) is 13.5. The van der Waals surface area contributed by atoms with E-state index in [2.05, 4.69) is 0 Å². The van der Waals surface area contributed by atoms with Gasteiger partial charge in [0.15, 0.2) is 0 Å². The average molecular weight is 319 g/mol. The van der Waals surface area contributed by atoms with E-state index >= 15 is 0 Å². The lowest BCUT2D eigenvalue weighted by Gasteiger charge is -2.24. The summed E-state index contributed by atoms with van der Waals surface area (Å²) in [6.07, 6.45) is 0. The lowest BCUT2D eigenvalue weighted by Crippen LogP contribution is -2.27. The number of aromatic hydroxyl groups is 1. The van der Waals surface area contributed by atoms with Gasteiger partial charge in [0.25, 0.3) is 0 Å². The minimum absolute atomic E-state index is 0.167. The van der Waals surface area contributed by atoms with Crippen LogP contribution in [0.3, 0.4) is 0 Å². The first-order chi connectivity index (χ1) is 11.2. The molecule has 4 nitrogen and oxygen atoms in total. The van der Waals surface area contributed by atoms with Crippen LogP contribution in [-0.2, 0) is 17.8 Å². The number of phenols is 1. The van der Waals surface area contributed by atoms with Crippen LogP contribution >= 0.6 is 0 Å². The summed E-state index contributed by atoms with van der Waals surface area (Å²) < 4.78 is 24.4. The summed E-state index contributed by atoms with van der Waals surface area (Å²) >= 11 is 0. The van der Waals surface area contributed by atoms with Gasteiger partial charge in [-0.25, -0.2) is 4.39 Å². The van der Waals surface area contributed by atoms with Gasteiger partial charge in [0.05, 0.1) is 13.7 Å². The Morgan fingerprint density at radius 2 is 1.83 bits per heavy atom. The fourth-order valence-corrected chi connectivity index (χ4v) is 2.43. The van der Waals surface area contributed by atoms with Crippen molar-refractivity contribution in [2.24, 2.45) is 0 Å². The number of benzene rings is 2. The van der Waals surface area contributed by atoms with Gasteiger partial charge >= 0.3 is 0 Å². The lowest BCUT2D eigenvalue weighted by molar-refractivity contribution is 0.138. The van der Waals surface area contributed by atoms with Crippen LogP contribution in [0.5, 0.6) is 11.5 Å². The Labute approximate surface area is 136 Å². The Hall–Kier alpha value is -2.11. The maximum atomic E-state index is 13.9. The van der Waals surface area contributed by atoms with Crippen molar-refractivity contribution in [1.29, 1.82) is 0 Å². The van der Waals surface area contributed by atoms with E-state index < -0.39 is 0 Å². The first-order valence-corrected chi connectivity index (χ1v) is 7.45. The number of hydrogen-bond donors (Lipinski definition) is 1. The summed E-state index contributed by atoms with van der Waals surface area (Å²) in [6, 6.07) is 11.8. The van der Waals surface area contributed by atoms with Gasteiger partial charge in [0.2, 0.25) is 0 Å². The molecule has 23 heavy (non-hydrogen) atoms. The van der Waals surface area contributed by atoms with E-state index in [1.165, 1.54) is 6.07 Å². The Kier molecular flexibility index (Phi) is 6.38. The second-order valence-electron chi connectivity index (χ2n) is 5.25. The Balaban J connectivity index is 2.21. The third-order valence-corrected chi connectivity index (χ3v) is 3.67. The molecule has 2 rings (SSSR count). The predicted molar refractivity (Wildman–Crippen MR) is 87.0 cm³/mol. The van der Waals surface area contributed by atoms with Gasteiger partial charge in [-0.2, -0.15) is 0 Å². The summed E-state index contributed by atoms with van der Waals surface area (Å²) in [4.78, 5) is 2.01. The van der Waals surface area contributed by atoms with Crippen molar-refractivity contribution in [3.8, 4) is 11.5 Å². The second kappa shape index (κ2) is 8.50. The van der Waals surface area contributed by atoms with Gasteiger partial charge in [-0.05, 0) is 18.2 Å². The maximum absolute atomic E-state index is 13.9. The Bertz CT molecular complexity index is 633. The Morgan fingerprint density at radius 3 is 2.52 bits per heavy atom. The SMILES string of the molecule is COCCN(Cc1ccccc1F)Cc1c(O)cccc1OC. The van der Waals surface area contributed by atoms with Crippen molar-refractivity contribution >= 4 is 0 Å². The van der Waals surface area contributed by atoms with Crippen LogP contribution in [0.4, 0.5) is 4.39 Å². The number of ether oxygens (including phenoxy) is 2. The summed E-state index contributed by atoms with van der Waals surface area (Å²) in [5, 5.41) is 10.1. The van der Waals surface area contributed by atoms with Crippen molar-refractivity contribution in [1.82, 2.24) is 4.90 Å². The summed E-state index contributed by atoms with van der Waals surface area (Å²) in [5.41, 5.74) is 1.29. The molecule has 2 aromatic carbocycles. The van der Waals surface area contributed by atoms with Crippen molar-refractivity contribution in [2.75, 3.05) is 27.4 Å². The normalized spacial score (nSPS) is 11.0. The van der Waals surface area contributed by atoms with E-state index in [4.69, 9.17) is 9.47 Å². The molecule has 5 heteroatoms. The van der Waals surface area contributed by atoms with E-state index in [-0.39, 0.29) is 11.6 Å². The zero-order valence-corrected chi connectivity index (χ0v) is 13.5. The van der Waals surface area contributed by atoms with Crippen LogP contribution in [0, 0.1) is 5.82 Å². The number of hydrogen-bond acceptors (Lipinski definition) is 4. The molecule has 0 bridgehead atoms. The summed E-state index contributed by atoms with van der Waals surface area (Å²) in [7, 11) is 3.19. The fourth-order valence-electron chi connectivity index (χ4n) is 2.43. The quantitative estimate of drug-likeness (QED) is 0.811. The van der Waals surface area contributed by atoms with Crippen LogP contribution in [0.25, 0.3) is 0 Å². The first-order valence-electron chi connectivity index (χ1n) is 7.45. The highest BCUT2D eigenvalue weighted by Crippen LogP contribution is 2.29. The van der Waals surface area contributed by atoms with Crippen molar-refractivity contribution in [3.05, 3.63) is 59.4 Å². The predicted octanol–water partition coefficient (Wildman–Crippen LogP) is 3.19. The molecule has 0 saturated heterocycles. The first kappa shape index (κ1) is 17.2. The highest BCUT2D eigenvalue weighted by atomic mass is 19.1. The van der Waals surface area contributed by atoms with Crippen molar-refractivity contribution < 1.29 is 19.0 Å². The average Bonchev–Trinajstić information content (AvgIpc) is 2.56. The number of methoxy groups -OCH3 is 2. The molecule has 0 saturated carbocycles. The van der Waals surface area contributed by atoms with E-state index in [0.29, 0.717) is 43.1 Å². The monoisotopic (exact) mass is 319 g/mol. The molecule has 0 radical (unpaired) electrons. The van der Waals surface area contributed by atoms with E-state index in [1.54, 1.807) is 44.6 Å². The largest absolute Gasteiger partial charge is 0.507 e. The smallest absolute Gasteiger partial charge is 0.127 e. The molecule has 0 aliphatic carbocycles. The highest BCUT2D eigenvalue weighted by molar-refractivity contribution is 5.43. The molecule has 0 spiro atoms. The van der Waals surface area contributed by atoms with Crippen LogP contribution in [-0.4, -0.2) is 37.4 Å². The fraction of sp³-hybridized carbons (Fsp3) is 0.333. The van der Waals surface area contributed by atoms with Gasteiger partial charge in [-0.1, -0.05) is 24.3 Å². The standard InChI is InChI=1S/C18H22FNO3/c1-22-11-10-20(12-14-6-3-4-7-16(14)19)13-15-17(21)8-5-9-18(15)23-2/h3-9,21H,10-13H2,1-2H3. The van der Waals surface area contributed by atoms with Gasteiger partial charge in [-0.3, -0.25) is 4.90 Å². The van der Waals surface area contributed by atoms with Crippen LogP contribution in [0.1, 0.15) is 11.1 Å². The molecule has 124 valence electrons. The third kappa shape index (κ3) is 4.68. The lowest BCUT2D eigenvalue weighted by atomic mass is 10.1. The molecular formula is C18H22FNO3. The molecule has 0 aliphatic rings.